The lowest BCUT2D eigenvalue weighted by Crippen LogP contribution is -2.46. The van der Waals surface area contributed by atoms with Crippen molar-refractivity contribution < 1.29 is 0 Å². The third-order valence-corrected chi connectivity index (χ3v) is 6.03. The van der Waals surface area contributed by atoms with Crippen LogP contribution in [0.3, 0.4) is 0 Å². The summed E-state index contributed by atoms with van der Waals surface area (Å²) in [4.78, 5) is 17.5. The number of aromatic nitrogens is 5. The molecule has 1 fully saturated rings. The van der Waals surface area contributed by atoms with E-state index in [4.69, 9.17) is 4.98 Å². The number of benzene rings is 2. The molecule has 2 aromatic carbocycles. The number of H-pyrrole nitrogens is 2. The number of nitrogens with zero attached hydrogens (tertiary/aromatic N) is 5. The molecule has 0 aliphatic carbocycles. The number of fused-ring (bicyclic) bond motifs is 2. The van der Waals surface area contributed by atoms with Crippen molar-refractivity contribution in [2.75, 3.05) is 36.0 Å². The van der Waals surface area contributed by atoms with Crippen LogP contribution in [0.2, 0.25) is 0 Å². The second-order valence-electron chi connectivity index (χ2n) is 8.07. The number of rotatable bonds is 3. The summed E-state index contributed by atoms with van der Waals surface area (Å²) >= 11 is 0. The normalized spacial score (nSPS) is 14.6. The molecule has 7 nitrogen and oxygen atoms in total. The van der Waals surface area contributed by atoms with Crippen molar-refractivity contribution >= 4 is 33.4 Å². The maximum atomic E-state index is 4.80. The predicted octanol–water partition coefficient (Wildman–Crippen LogP) is 4.14. The second-order valence-corrected chi connectivity index (χ2v) is 8.07. The molecular formula is C24H23N7. The molecule has 3 aromatic heterocycles. The molecule has 1 saturated heterocycles. The third kappa shape index (κ3) is 3.18. The maximum absolute atomic E-state index is 4.80. The Morgan fingerprint density at radius 1 is 0.871 bits per heavy atom. The van der Waals surface area contributed by atoms with Gasteiger partial charge >= 0.3 is 0 Å². The molecule has 1 aliphatic rings. The lowest BCUT2D eigenvalue weighted by atomic mass is 10.1. The smallest absolute Gasteiger partial charge is 0.159 e. The van der Waals surface area contributed by atoms with Gasteiger partial charge < -0.3 is 14.8 Å². The monoisotopic (exact) mass is 409 g/mol. The van der Waals surface area contributed by atoms with Gasteiger partial charge in [-0.15, -0.1) is 0 Å². The standard InChI is InChI=1S/C24H23N7/c1-16-5-7-19-18(14-16)23(29-28-19)24-26-20-8-6-17(15-21(20)27-24)30-10-12-31(13-11-30)22-4-2-3-9-25-22/h2-9,14-15H,10-13H2,1H3,(H,26,27)(H,28,29). The zero-order valence-corrected chi connectivity index (χ0v) is 17.3. The summed E-state index contributed by atoms with van der Waals surface area (Å²) in [5, 5.41) is 8.71. The highest BCUT2D eigenvalue weighted by Gasteiger charge is 2.19. The minimum atomic E-state index is 0.795. The molecule has 0 bridgehead atoms. The van der Waals surface area contributed by atoms with Crippen molar-refractivity contribution in [3.05, 3.63) is 66.4 Å². The van der Waals surface area contributed by atoms with E-state index in [1.807, 2.05) is 18.3 Å². The van der Waals surface area contributed by atoms with E-state index in [0.29, 0.717) is 0 Å². The highest BCUT2D eigenvalue weighted by molar-refractivity contribution is 5.93. The first-order valence-corrected chi connectivity index (χ1v) is 10.6. The van der Waals surface area contributed by atoms with E-state index in [9.17, 15) is 0 Å². The molecule has 0 spiro atoms. The van der Waals surface area contributed by atoms with Gasteiger partial charge in [-0.05, 0) is 49.4 Å². The number of pyridine rings is 1. The lowest BCUT2D eigenvalue weighted by molar-refractivity contribution is 0.648. The quantitative estimate of drug-likeness (QED) is 0.468. The van der Waals surface area contributed by atoms with Gasteiger partial charge in [0.15, 0.2) is 5.82 Å². The van der Waals surface area contributed by atoms with Crippen LogP contribution < -0.4 is 9.80 Å². The topological polar surface area (TPSA) is 76.7 Å². The van der Waals surface area contributed by atoms with E-state index in [-0.39, 0.29) is 0 Å². The first kappa shape index (κ1) is 17.9. The number of nitrogens with one attached hydrogen (secondary N) is 2. The molecule has 2 N–H and O–H groups in total. The molecule has 4 heterocycles. The average molecular weight is 409 g/mol. The van der Waals surface area contributed by atoms with Crippen LogP contribution in [0.15, 0.2) is 60.8 Å². The van der Waals surface area contributed by atoms with Crippen molar-refractivity contribution in [1.29, 1.82) is 0 Å². The van der Waals surface area contributed by atoms with Crippen molar-refractivity contribution in [1.82, 2.24) is 25.1 Å². The van der Waals surface area contributed by atoms with Crippen molar-refractivity contribution in [2.45, 2.75) is 6.92 Å². The first-order valence-electron chi connectivity index (χ1n) is 10.6. The van der Waals surface area contributed by atoms with E-state index in [0.717, 1.165) is 65.5 Å². The largest absolute Gasteiger partial charge is 0.368 e. The van der Waals surface area contributed by atoms with Crippen molar-refractivity contribution in [2.24, 2.45) is 0 Å². The molecule has 154 valence electrons. The van der Waals surface area contributed by atoms with Crippen LogP contribution in [-0.4, -0.2) is 51.3 Å². The van der Waals surface area contributed by atoms with Crippen molar-refractivity contribution in [3.8, 4) is 11.5 Å². The minimum Gasteiger partial charge on any atom is -0.368 e. The van der Waals surface area contributed by atoms with Gasteiger partial charge in [0.05, 0.1) is 16.6 Å². The second kappa shape index (κ2) is 7.12. The summed E-state index contributed by atoms with van der Waals surface area (Å²) in [5.41, 5.74) is 6.29. The SMILES string of the molecule is Cc1ccc2[nH]nc(-c3nc4ccc(N5CCN(c6ccccn6)CC5)cc4[nH]3)c2c1. The Balaban J connectivity index is 1.27. The summed E-state index contributed by atoms with van der Waals surface area (Å²) in [7, 11) is 0. The average Bonchev–Trinajstić information content (AvgIpc) is 3.42. The number of piperazine rings is 1. The Hall–Kier alpha value is -3.87. The molecule has 6 rings (SSSR count). The Bertz CT molecular complexity index is 1360. The van der Waals surface area contributed by atoms with Crippen LogP contribution in [0.4, 0.5) is 11.5 Å². The summed E-state index contributed by atoms with van der Waals surface area (Å²) in [6.07, 6.45) is 1.86. The fraction of sp³-hybridized carbons (Fsp3) is 0.208. The Morgan fingerprint density at radius 3 is 2.58 bits per heavy atom. The van der Waals surface area contributed by atoms with Crippen LogP contribution in [0.25, 0.3) is 33.5 Å². The summed E-state index contributed by atoms with van der Waals surface area (Å²) in [6, 6.07) is 18.8. The first-order chi connectivity index (χ1) is 15.2. The van der Waals surface area contributed by atoms with Crippen LogP contribution in [-0.2, 0) is 0 Å². The zero-order valence-electron chi connectivity index (χ0n) is 17.3. The number of anilines is 2. The Kier molecular flexibility index (Phi) is 4.12. The van der Waals surface area contributed by atoms with Gasteiger partial charge in [-0.1, -0.05) is 17.7 Å². The van der Waals surface area contributed by atoms with Crippen molar-refractivity contribution in [3.63, 3.8) is 0 Å². The van der Waals surface area contributed by atoms with Gasteiger partial charge in [0.25, 0.3) is 0 Å². The Morgan fingerprint density at radius 2 is 1.74 bits per heavy atom. The maximum Gasteiger partial charge on any atom is 0.159 e. The summed E-state index contributed by atoms with van der Waals surface area (Å²) < 4.78 is 0. The molecule has 0 radical (unpaired) electrons. The highest BCUT2D eigenvalue weighted by atomic mass is 15.3. The van der Waals surface area contributed by atoms with Gasteiger partial charge in [0, 0.05) is 43.4 Å². The van der Waals surface area contributed by atoms with E-state index < -0.39 is 0 Å². The van der Waals surface area contributed by atoms with Crippen LogP contribution in [0, 0.1) is 6.92 Å². The third-order valence-electron chi connectivity index (χ3n) is 6.03. The number of hydrogen-bond acceptors (Lipinski definition) is 5. The lowest BCUT2D eigenvalue weighted by Gasteiger charge is -2.36. The number of hydrogen-bond donors (Lipinski definition) is 2. The van der Waals surface area contributed by atoms with E-state index in [1.165, 1.54) is 11.3 Å². The van der Waals surface area contributed by atoms with E-state index in [2.05, 4.69) is 79.4 Å². The van der Waals surface area contributed by atoms with E-state index >= 15 is 0 Å². The molecule has 0 unspecified atom stereocenters. The van der Waals surface area contributed by atoms with Gasteiger partial charge in [0.2, 0.25) is 0 Å². The molecular weight excluding hydrogens is 386 g/mol. The molecule has 5 aromatic rings. The number of aryl methyl sites for hydroxylation is 1. The highest BCUT2D eigenvalue weighted by Crippen LogP contribution is 2.29. The molecule has 0 saturated carbocycles. The van der Waals surface area contributed by atoms with Gasteiger partial charge in [0.1, 0.15) is 11.5 Å². The molecule has 31 heavy (non-hydrogen) atoms. The van der Waals surface area contributed by atoms with Gasteiger partial charge in [-0.2, -0.15) is 5.10 Å². The number of aromatic amines is 2. The fourth-order valence-electron chi connectivity index (χ4n) is 4.35. The summed E-state index contributed by atoms with van der Waals surface area (Å²) in [5.74, 6) is 1.85. The van der Waals surface area contributed by atoms with Crippen LogP contribution >= 0.6 is 0 Å². The van der Waals surface area contributed by atoms with Crippen LogP contribution in [0.1, 0.15) is 5.56 Å². The minimum absolute atomic E-state index is 0.795. The predicted molar refractivity (Wildman–Crippen MR) is 125 cm³/mol. The Labute approximate surface area is 179 Å². The van der Waals surface area contributed by atoms with Crippen LogP contribution in [0.5, 0.6) is 0 Å². The zero-order chi connectivity index (χ0) is 20.8. The molecule has 0 atom stereocenters. The molecule has 0 amide bonds. The summed E-state index contributed by atoms with van der Waals surface area (Å²) in [6.45, 7) is 5.94. The fourth-order valence-corrected chi connectivity index (χ4v) is 4.35. The number of imidazole rings is 1. The molecule has 1 aliphatic heterocycles. The molecule has 7 heteroatoms. The van der Waals surface area contributed by atoms with Gasteiger partial charge in [-0.3, -0.25) is 5.10 Å². The van der Waals surface area contributed by atoms with Gasteiger partial charge in [-0.25, -0.2) is 9.97 Å². The van der Waals surface area contributed by atoms with E-state index in [1.54, 1.807) is 0 Å².